The molecule has 0 radical (unpaired) electrons. The Balaban J connectivity index is 1.65. The summed E-state index contributed by atoms with van der Waals surface area (Å²) in [6, 6.07) is 22.0. The number of furan rings is 1. The summed E-state index contributed by atoms with van der Waals surface area (Å²) in [4.78, 5) is 13.0. The van der Waals surface area contributed by atoms with Crippen LogP contribution in [0, 0.1) is 6.92 Å². The minimum atomic E-state index is -0.106. The van der Waals surface area contributed by atoms with Crippen LogP contribution in [-0.2, 0) is 6.54 Å². The normalized spacial score (nSPS) is 12.2. The Morgan fingerprint density at radius 1 is 1.07 bits per heavy atom. The molecule has 0 aliphatic carbocycles. The third kappa shape index (κ3) is 3.51. The fraction of sp³-hybridized carbons (Fsp3) is 0.174. The molecule has 1 atom stereocenters. The molecule has 1 unspecified atom stereocenters. The zero-order valence-electron chi connectivity index (χ0n) is 15.5. The molecular formula is C23H22N2O2. The van der Waals surface area contributed by atoms with E-state index >= 15 is 0 Å². The van der Waals surface area contributed by atoms with Gasteiger partial charge in [-0.2, -0.15) is 0 Å². The van der Waals surface area contributed by atoms with Crippen molar-refractivity contribution < 1.29 is 9.21 Å². The SMILES string of the molecule is Cc1cccc(Cn2c(C(=O)NC(C)c3ccccc3)cc3ccoc32)c1. The Morgan fingerprint density at radius 3 is 2.67 bits per heavy atom. The summed E-state index contributed by atoms with van der Waals surface area (Å²) in [6.07, 6.45) is 1.66. The van der Waals surface area contributed by atoms with Gasteiger partial charge in [-0.05, 0) is 37.1 Å². The lowest BCUT2D eigenvalue weighted by Crippen LogP contribution is -2.28. The summed E-state index contributed by atoms with van der Waals surface area (Å²) in [5.41, 5.74) is 4.72. The Labute approximate surface area is 158 Å². The predicted octanol–water partition coefficient (Wildman–Crippen LogP) is 5.08. The number of fused-ring (bicyclic) bond motifs is 1. The largest absolute Gasteiger partial charge is 0.448 e. The van der Waals surface area contributed by atoms with Gasteiger partial charge >= 0.3 is 0 Å². The van der Waals surface area contributed by atoms with Gasteiger partial charge in [-0.25, -0.2) is 0 Å². The van der Waals surface area contributed by atoms with Crippen LogP contribution in [0.3, 0.4) is 0 Å². The van der Waals surface area contributed by atoms with Crippen molar-refractivity contribution in [2.75, 3.05) is 0 Å². The van der Waals surface area contributed by atoms with Gasteiger partial charge in [0.15, 0.2) is 0 Å². The lowest BCUT2D eigenvalue weighted by atomic mass is 10.1. The molecule has 1 amide bonds. The first-order chi connectivity index (χ1) is 13.1. The van der Waals surface area contributed by atoms with Gasteiger partial charge in [0.2, 0.25) is 5.71 Å². The van der Waals surface area contributed by atoms with Gasteiger partial charge in [-0.1, -0.05) is 60.2 Å². The van der Waals surface area contributed by atoms with E-state index in [1.54, 1.807) is 6.26 Å². The van der Waals surface area contributed by atoms with Crippen LogP contribution >= 0.6 is 0 Å². The van der Waals surface area contributed by atoms with E-state index in [4.69, 9.17) is 4.42 Å². The van der Waals surface area contributed by atoms with Crippen molar-refractivity contribution >= 4 is 17.0 Å². The van der Waals surface area contributed by atoms with Crippen molar-refractivity contribution in [2.45, 2.75) is 26.4 Å². The van der Waals surface area contributed by atoms with Crippen molar-refractivity contribution in [2.24, 2.45) is 0 Å². The molecular weight excluding hydrogens is 336 g/mol. The van der Waals surface area contributed by atoms with Crippen molar-refractivity contribution in [3.63, 3.8) is 0 Å². The molecule has 4 nitrogen and oxygen atoms in total. The number of nitrogens with zero attached hydrogens (tertiary/aromatic N) is 1. The second-order valence-corrected chi connectivity index (χ2v) is 6.89. The van der Waals surface area contributed by atoms with Crippen molar-refractivity contribution in [3.05, 3.63) is 95.4 Å². The third-order valence-electron chi connectivity index (χ3n) is 4.81. The second kappa shape index (κ2) is 7.16. The lowest BCUT2D eigenvalue weighted by molar-refractivity contribution is 0.0931. The van der Waals surface area contributed by atoms with E-state index in [0.29, 0.717) is 18.0 Å². The lowest BCUT2D eigenvalue weighted by Gasteiger charge is -2.16. The van der Waals surface area contributed by atoms with Gasteiger partial charge in [0, 0.05) is 5.39 Å². The maximum absolute atomic E-state index is 13.0. The van der Waals surface area contributed by atoms with E-state index in [1.165, 1.54) is 5.56 Å². The Hall–Kier alpha value is -3.27. The van der Waals surface area contributed by atoms with Crippen LogP contribution in [0.4, 0.5) is 0 Å². The second-order valence-electron chi connectivity index (χ2n) is 6.89. The molecule has 1 N–H and O–H groups in total. The Kier molecular flexibility index (Phi) is 4.55. The molecule has 0 saturated carbocycles. The van der Waals surface area contributed by atoms with Gasteiger partial charge in [-0.3, -0.25) is 4.79 Å². The maximum Gasteiger partial charge on any atom is 0.268 e. The molecule has 0 aliphatic heterocycles. The first kappa shape index (κ1) is 17.2. The zero-order chi connectivity index (χ0) is 18.8. The van der Waals surface area contributed by atoms with Gasteiger partial charge in [0.25, 0.3) is 5.91 Å². The number of nitrogens with one attached hydrogen (secondary N) is 1. The van der Waals surface area contributed by atoms with E-state index in [-0.39, 0.29) is 11.9 Å². The minimum absolute atomic E-state index is 0.0766. The summed E-state index contributed by atoms with van der Waals surface area (Å²) in [5.74, 6) is -0.106. The van der Waals surface area contributed by atoms with Crippen LogP contribution in [0.15, 0.2) is 77.4 Å². The number of hydrogen-bond donors (Lipinski definition) is 1. The zero-order valence-corrected chi connectivity index (χ0v) is 15.5. The average Bonchev–Trinajstić information content (AvgIpc) is 3.25. The highest BCUT2D eigenvalue weighted by Gasteiger charge is 2.19. The highest BCUT2D eigenvalue weighted by Crippen LogP contribution is 2.23. The molecule has 0 saturated heterocycles. The Bertz CT molecular complexity index is 1080. The number of carbonyl (C=O) groups excluding carboxylic acids is 1. The summed E-state index contributed by atoms with van der Waals surface area (Å²) >= 11 is 0. The Morgan fingerprint density at radius 2 is 1.89 bits per heavy atom. The molecule has 4 rings (SSSR count). The monoisotopic (exact) mass is 358 g/mol. The highest BCUT2D eigenvalue weighted by molar-refractivity contribution is 5.98. The van der Waals surface area contributed by atoms with E-state index in [9.17, 15) is 4.79 Å². The van der Waals surface area contributed by atoms with Gasteiger partial charge < -0.3 is 14.3 Å². The molecule has 136 valence electrons. The van der Waals surface area contributed by atoms with E-state index in [1.807, 2.05) is 60.0 Å². The molecule has 27 heavy (non-hydrogen) atoms. The van der Waals surface area contributed by atoms with Crippen LogP contribution in [0.1, 0.15) is 40.1 Å². The quantitative estimate of drug-likeness (QED) is 0.541. The van der Waals surface area contributed by atoms with E-state index in [2.05, 4.69) is 30.4 Å². The first-order valence-corrected chi connectivity index (χ1v) is 9.10. The third-order valence-corrected chi connectivity index (χ3v) is 4.81. The predicted molar refractivity (Wildman–Crippen MR) is 107 cm³/mol. The maximum atomic E-state index is 13.0. The minimum Gasteiger partial charge on any atom is -0.448 e. The number of aromatic nitrogens is 1. The molecule has 0 aliphatic rings. The number of aryl methyl sites for hydroxylation is 1. The van der Waals surface area contributed by atoms with Gasteiger partial charge in [0.05, 0.1) is 18.8 Å². The fourth-order valence-electron chi connectivity index (χ4n) is 3.41. The molecule has 2 heterocycles. The van der Waals surface area contributed by atoms with E-state index < -0.39 is 0 Å². The smallest absolute Gasteiger partial charge is 0.268 e. The molecule has 0 bridgehead atoms. The van der Waals surface area contributed by atoms with Crippen molar-refractivity contribution in [3.8, 4) is 0 Å². The standard InChI is InChI=1S/C23H22N2O2/c1-16-7-6-8-18(13-16)15-25-21(14-20-11-12-27-23(20)25)22(26)24-17(2)19-9-4-3-5-10-19/h3-14,17H,15H2,1-2H3,(H,24,26). The van der Waals surface area contributed by atoms with Gasteiger partial charge in [0.1, 0.15) is 5.69 Å². The number of benzene rings is 2. The van der Waals surface area contributed by atoms with E-state index in [0.717, 1.165) is 16.5 Å². The molecule has 2 aromatic carbocycles. The highest BCUT2D eigenvalue weighted by atomic mass is 16.3. The topological polar surface area (TPSA) is 47.2 Å². The summed E-state index contributed by atoms with van der Waals surface area (Å²) < 4.78 is 7.60. The number of amides is 1. The van der Waals surface area contributed by atoms with Crippen molar-refractivity contribution in [1.82, 2.24) is 9.88 Å². The van der Waals surface area contributed by atoms with Crippen LogP contribution < -0.4 is 5.32 Å². The summed E-state index contributed by atoms with van der Waals surface area (Å²) in [6.45, 7) is 4.64. The number of carbonyl (C=O) groups is 1. The molecule has 4 aromatic rings. The summed E-state index contributed by atoms with van der Waals surface area (Å²) in [5, 5.41) is 4.03. The van der Waals surface area contributed by atoms with Crippen LogP contribution in [0.25, 0.3) is 11.1 Å². The molecule has 0 fully saturated rings. The molecule has 4 heteroatoms. The number of rotatable bonds is 5. The first-order valence-electron chi connectivity index (χ1n) is 9.10. The van der Waals surface area contributed by atoms with Crippen molar-refractivity contribution in [1.29, 1.82) is 0 Å². The number of hydrogen-bond acceptors (Lipinski definition) is 2. The molecule has 0 spiro atoms. The van der Waals surface area contributed by atoms with Crippen LogP contribution in [0.2, 0.25) is 0 Å². The van der Waals surface area contributed by atoms with Gasteiger partial charge in [-0.15, -0.1) is 0 Å². The van der Waals surface area contributed by atoms with Crippen LogP contribution in [-0.4, -0.2) is 10.5 Å². The summed E-state index contributed by atoms with van der Waals surface area (Å²) in [7, 11) is 0. The van der Waals surface area contributed by atoms with Crippen LogP contribution in [0.5, 0.6) is 0 Å². The average molecular weight is 358 g/mol. The fourth-order valence-corrected chi connectivity index (χ4v) is 3.41. The molecule has 2 aromatic heterocycles.